The van der Waals surface area contributed by atoms with Crippen LogP contribution in [0.25, 0.3) is 0 Å². The Hall–Kier alpha value is -1.65. The van der Waals surface area contributed by atoms with E-state index in [9.17, 15) is 14.4 Å². The molecule has 22 heavy (non-hydrogen) atoms. The topological polar surface area (TPSA) is 57.7 Å². The van der Waals surface area contributed by atoms with Gasteiger partial charge in [0.1, 0.15) is 6.54 Å². The summed E-state index contributed by atoms with van der Waals surface area (Å²) in [5, 5.41) is 0. The molecule has 0 spiro atoms. The molecule has 2 aliphatic heterocycles. The van der Waals surface area contributed by atoms with Crippen molar-refractivity contribution in [1.82, 2.24) is 9.80 Å². The molecule has 0 aromatic carbocycles. The third-order valence-electron chi connectivity index (χ3n) is 5.81. The molecule has 3 fully saturated rings. The van der Waals surface area contributed by atoms with Crippen molar-refractivity contribution in [2.24, 2.45) is 23.7 Å². The Balaban J connectivity index is 1.46. The van der Waals surface area contributed by atoms with Crippen molar-refractivity contribution in [1.29, 1.82) is 0 Å². The van der Waals surface area contributed by atoms with Gasteiger partial charge in [-0.1, -0.05) is 25.0 Å². The predicted octanol–water partition coefficient (Wildman–Crippen LogP) is 1.20. The molecule has 4 atom stereocenters. The average Bonchev–Trinajstić information content (AvgIpc) is 3.09. The molecule has 2 bridgehead atoms. The second-order valence-corrected chi connectivity index (χ2v) is 7.06. The summed E-state index contributed by atoms with van der Waals surface area (Å²) < 4.78 is 0. The number of likely N-dealkylation sites (tertiary alicyclic amines) is 2. The van der Waals surface area contributed by atoms with Crippen molar-refractivity contribution >= 4 is 17.7 Å². The number of carbonyl (C=O) groups is 3. The van der Waals surface area contributed by atoms with Gasteiger partial charge in [-0.3, -0.25) is 19.3 Å². The molecular formula is C17H22N2O3. The summed E-state index contributed by atoms with van der Waals surface area (Å²) >= 11 is 0. The quantitative estimate of drug-likeness (QED) is 0.569. The Bertz CT molecular complexity index is 518. The molecule has 2 saturated heterocycles. The van der Waals surface area contributed by atoms with Crippen LogP contribution in [0.4, 0.5) is 0 Å². The van der Waals surface area contributed by atoms with Crippen LogP contribution in [0, 0.1) is 23.7 Å². The zero-order chi connectivity index (χ0) is 15.3. The SMILES string of the molecule is O=C(CN1C(=O)[C@@H]2[C@@H](C1=O)[C@H]1C=C[C@H]2C1)N1CCCCCC1. The Kier molecular flexibility index (Phi) is 3.31. The van der Waals surface area contributed by atoms with Crippen LogP contribution in [0.15, 0.2) is 12.2 Å². The zero-order valence-electron chi connectivity index (χ0n) is 12.7. The van der Waals surface area contributed by atoms with Crippen LogP contribution in [-0.2, 0) is 14.4 Å². The van der Waals surface area contributed by atoms with E-state index in [4.69, 9.17) is 0 Å². The molecule has 1 saturated carbocycles. The highest BCUT2D eigenvalue weighted by molar-refractivity contribution is 6.08. The lowest BCUT2D eigenvalue weighted by atomic mass is 9.85. The fraction of sp³-hybridized carbons (Fsp3) is 0.706. The molecule has 3 amide bonds. The molecule has 2 heterocycles. The predicted molar refractivity (Wildman–Crippen MR) is 79.5 cm³/mol. The number of amides is 3. The summed E-state index contributed by atoms with van der Waals surface area (Å²) in [5.41, 5.74) is 0. The summed E-state index contributed by atoms with van der Waals surface area (Å²) in [6.45, 7) is 1.47. The third kappa shape index (κ3) is 2.02. The minimum Gasteiger partial charge on any atom is -0.341 e. The normalized spacial score (nSPS) is 36.9. The van der Waals surface area contributed by atoms with Gasteiger partial charge < -0.3 is 4.90 Å². The first-order chi connectivity index (χ1) is 10.7. The number of hydrogen-bond acceptors (Lipinski definition) is 3. The van der Waals surface area contributed by atoms with Crippen molar-refractivity contribution in [3.63, 3.8) is 0 Å². The zero-order valence-corrected chi connectivity index (χ0v) is 12.7. The number of imide groups is 1. The number of fused-ring (bicyclic) bond motifs is 5. The van der Waals surface area contributed by atoms with Gasteiger partial charge in [-0.25, -0.2) is 0 Å². The fourth-order valence-electron chi connectivity index (χ4n) is 4.68. The highest BCUT2D eigenvalue weighted by Gasteiger charge is 2.59. The van der Waals surface area contributed by atoms with E-state index in [1.807, 2.05) is 4.90 Å². The third-order valence-corrected chi connectivity index (χ3v) is 5.81. The Labute approximate surface area is 130 Å². The summed E-state index contributed by atoms with van der Waals surface area (Å²) in [7, 11) is 0. The number of nitrogens with zero attached hydrogens (tertiary/aromatic N) is 2. The van der Waals surface area contributed by atoms with Crippen LogP contribution < -0.4 is 0 Å². The van der Waals surface area contributed by atoms with Crippen LogP contribution in [-0.4, -0.2) is 47.2 Å². The minimum absolute atomic E-state index is 0.0515. The first kappa shape index (κ1) is 14.0. The van der Waals surface area contributed by atoms with E-state index in [0.717, 1.165) is 45.2 Å². The van der Waals surface area contributed by atoms with Gasteiger partial charge in [0.05, 0.1) is 11.8 Å². The lowest BCUT2D eigenvalue weighted by molar-refractivity contribution is -0.147. The van der Waals surface area contributed by atoms with Gasteiger partial charge in [0, 0.05) is 13.1 Å². The van der Waals surface area contributed by atoms with Crippen molar-refractivity contribution in [2.45, 2.75) is 32.1 Å². The molecule has 4 rings (SSSR count). The summed E-state index contributed by atoms with van der Waals surface area (Å²) in [5.74, 6) is -0.262. The second kappa shape index (κ2) is 5.21. The molecule has 0 radical (unpaired) electrons. The average molecular weight is 302 g/mol. The summed E-state index contributed by atoms with van der Waals surface area (Å²) in [6.07, 6.45) is 9.45. The minimum atomic E-state index is -0.195. The van der Waals surface area contributed by atoms with Gasteiger partial charge in [0.15, 0.2) is 0 Å². The molecule has 0 N–H and O–H groups in total. The van der Waals surface area contributed by atoms with Crippen molar-refractivity contribution < 1.29 is 14.4 Å². The largest absolute Gasteiger partial charge is 0.341 e. The molecular weight excluding hydrogens is 280 g/mol. The first-order valence-electron chi connectivity index (χ1n) is 8.48. The van der Waals surface area contributed by atoms with E-state index >= 15 is 0 Å². The Morgan fingerprint density at radius 1 is 0.955 bits per heavy atom. The van der Waals surface area contributed by atoms with Crippen LogP contribution >= 0.6 is 0 Å². The van der Waals surface area contributed by atoms with Gasteiger partial charge >= 0.3 is 0 Å². The second-order valence-electron chi connectivity index (χ2n) is 7.06. The van der Waals surface area contributed by atoms with E-state index in [1.54, 1.807) is 0 Å². The maximum Gasteiger partial charge on any atom is 0.242 e. The van der Waals surface area contributed by atoms with Gasteiger partial charge in [-0.15, -0.1) is 0 Å². The van der Waals surface area contributed by atoms with Gasteiger partial charge in [0.25, 0.3) is 0 Å². The highest BCUT2D eigenvalue weighted by atomic mass is 16.2. The molecule has 2 aliphatic carbocycles. The first-order valence-corrected chi connectivity index (χ1v) is 8.48. The number of rotatable bonds is 2. The van der Waals surface area contributed by atoms with Crippen molar-refractivity contribution in [3.05, 3.63) is 12.2 Å². The van der Waals surface area contributed by atoms with E-state index in [2.05, 4.69) is 12.2 Å². The molecule has 5 nitrogen and oxygen atoms in total. The number of hydrogen-bond donors (Lipinski definition) is 0. The monoisotopic (exact) mass is 302 g/mol. The van der Waals surface area contributed by atoms with Gasteiger partial charge in [0.2, 0.25) is 17.7 Å². The maximum absolute atomic E-state index is 12.6. The summed E-state index contributed by atoms with van der Waals surface area (Å²) in [6, 6.07) is 0. The van der Waals surface area contributed by atoms with Crippen molar-refractivity contribution in [2.75, 3.05) is 19.6 Å². The molecule has 5 heteroatoms. The van der Waals surface area contributed by atoms with Crippen LogP contribution in [0.1, 0.15) is 32.1 Å². The lowest BCUT2D eigenvalue weighted by Gasteiger charge is -2.24. The van der Waals surface area contributed by atoms with Crippen LogP contribution in [0.3, 0.4) is 0 Å². The van der Waals surface area contributed by atoms with E-state index in [-0.39, 0.29) is 47.9 Å². The number of allylic oxidation sites excluding steroid dienone is 2. The molecule has 0 unspecified atom stereocenters. The van der Waals surface area contributed by atoms with Crippen molar-refractivity contribution in [3.8, 4) is 0 Å². The van der Waals surface area contributed by atoms with E-state index < -0.39 is 0 Å². The molecule has 4 aliphatic rings. The Morgan fingerprint density at radius 3 is 2.05 bits per heavy atom. The van der Waals surface area contributed by atoms with E-state index in [1.165, 1.54) is 4.90 Å². The number of carbonyl (C=O) groups excluding carboxylic acids is 3. The fourth-order valence-corrected chi connectivity index (χ4v) is 4.68. The molecule has 0 aromatic heterocycles. The highest BCUT2D eigenvalue weighted by Crippen LogP contribution is 2.52. The van der Waals surface area contributed by atoms with Gasteiger partial charge in [-0.2, -0.15) is 0 Å². The van der Waals surface area contributed by atoms with Crippen LogP contribution in [0.2, 0.25) is 0 Å². The lowest BCUT2D eigenvalue weighted by Crippen LogP contribution is -2.44. The smallest absolute Gasteiger partial charge is 0.242 e. The standard InChI is InChI=1S/C17H22N2O3/c20-13(18-7-3-1-2-4-8-18)10-19-16(21)14-11-5-6-12(9-11)15(14)17(19)22/h5-6,11-12,14-15H,1-4,7-10H2/t11-,12-,14-,15-/m0/s1. The van der Waals surface area contributed by atoms with Crippen LogP contribution in [0.5, 0.6) is 0 Å². The molecule has 0 aromatic rings. The maximum atomic E-state index is 12.6. The summed E-state index contributed by atoms with van der Waals surface area (Å²) in [4.78, 5) is 40.7. The Morgan fingerprint density at radius 2 is 1.50 bits per heavy atom. The van der Waals surface area contributed by atoms with Gasteiger partial charge in [-0.05, 0) is 31.1 Å². The molecule has 118 valence electrons. The van der Waals surface area contributed by atoms with E-state index in [0.29, 0.717) is 0 Å².